The molecule has 7 heteroatoms. The van der Waals surface area contributed by atoms with Crippen LogP contribution in [0.25, 0.3) is 6.08 Å². The first-order valence-corrected chi connectivity index (χ1v) is 9.65. The summed E-state index contributed by atoms with van der Waals surface area (Å²) in [7, 11) is 0. The molecule has 0 saturated carbocycles. The van der Waals surface area contributed by atoms with E-state index in [1.165, 1.54) is 23.8 Å². The average Bonchev–Trinajstić information content (AvgIpc) is 3.06. The van der Waals surface area contributed by atoms with Crippen LogP contribution in [0.4, 0.5) is 11.4 Å². The van der Waals surface area contributed by atoms with Gasteiger partial charge >= 0.3 is 0 Å². The molecule has 1 saturated heterocycles. The quantitative estimate of drug-likeness (QED) is 0.754. The highest BCUT2D eigenvalue weighted by atomic mass is 35.5. The summed E-state index contributed by atoms with van der Waals surface area (Å²) in [5.41, 5.74) is 7.27. The van der Waals surface area contributed by atoms with Crippen LogP contribution in [0.15, 0.2) is 36.4 Å². The molecular weight excluding hydrogens is 370 g/mol. The summed E-state index contributed by atoms with van der Waals surface area (Å²) in [4.78, 5) is 27.0. The van der Waals surface area contributed by atoms with Gasteiger partial charge in [0.1, 0.15) is 0 Å². The second-order valence-electron chi connectivity index (χ2n) is 6.11. The van der Waals surface area contributed by atoms with Crippen LogP contribution in [-0.4, -0.2) is 24.9 Å². The predicted octanol–water partition coefficient (Wildman–Crippen LogP) is 4.14. The Bertz CT molecular complexity index is 841. The van der Waals surface area contributed by atoms with E-state index in [-0.39, 0.29) is 5.91 Å². The molecule has 5 nitrogen and oxygen atoms in total. The van der Waals surface area contributed by atoms with E-state index in [0.717, 1.165) is 36.5 Å². The van der Waals surface area contributed by atoms with Crippen molar-refractivity contribution in [3.05, 3.63) is 51.2 Å². The maximum Gasteiger partial charge on any atom is 0.248 e. The Morgan fingerprint density at radius 1 is 1.15 bits per heavy atom. The lowest BCUT2D eigenvalue weighted by molar-refractivity contribution is -0.111. The number of thiophene rings is 1. The summed E-state index contributed by atoms with van der Waals surface area (Å²) >= 11 is 7.29. The number of halogens is 1. The number of piperidine rings is 1. The van der Waals surface area contributed by atoms with Crippen LogP contribution in [-0.2, 0) is 4.79 Å². The minimum atomic E-state index is -0.519. The summed E-state index contributed by atoms with van der Waals surface area (Å²) in [6.07, 6.45) is 6.61. The topological polar surface area (TPSA) is 75.4 Å². The van der Waals surface area contributed by atoms with Gasteiger partial charge in [-0.3, -0.25) is 9.59 Å². The summed E-state index contributed by atoms with van der Waals surface area (Å²) in [5, 5.41) is 2.88. The Hall–Kier alpha value is -2.31. The third-order valence-corrected chi connectivity index (χ3v) is 5.43. The molecule has 1 fully saturated rings. The number of rotatable bonds is 5. The van der Waals surface area contributed by atoms with Crippen molar-refractivity contribution < 1.29 is 9.59 Å². The average molecular weight is 390 g/mol. The molecule has 1 aliphatic rings. The Morgan fingerprint density at radius 2 is 1.92 bits per heavy atom. The van der Waals surface area contributed by atoms with Gasteiger partial charge in [0.05, 0.1) is 15.7 Å². The second kappa shape index (κ2) is 8.38. The highest BCUT2D eigenvalue weighted by molar-refractivity contribution is 7.17. The first-order valence-electron chi connectivity index (χ1n) is 8.46. The standard InChI is InChI=1S/C19H20ClN3O2S/c20-17-8-5-14(26-17)6-9-18(24)22-15-12-13(19(21)25)4-7-16(15)23-10-2-1-3-11-23/h4-9,12H,1-3,10-11H2,(H2,21,25)(H,22,24)/b9-6+. The molecule has 2 aromatic rings. The van der Waals surface area contributed by atoms with Gasteiger partial charge in [-0.2, -0.15) is 0 Å². The normalized spacial score (nSPS) is 14.6. The monoisotopic (exact) mass is 389 g/mol. The molecule has 2 heterocycles. The Balaban J connectivity index is 1.81. The number of carbonyl (C=O) groups excluding carboxylic acids is 2. The van der Waals surface area contributed by atoms with E-state index in [4.69, 9.17) is 17.3 Å². The zero-order valence-electron chi connectivity index (χ0n) is 14.2. The van der Waals surface area contributed by atoms with Gasteiger partial charge in [0.15, 0.2) is 0 Å². The number of nitrogens with zero attached hydrogens (tertiary/aromatic N) is 1. The van der Waals surface area contributed by atoms with Gasteiger partial charge in [0, 0.05) is 29.6 Å². The number of anilines is 2. The van der Waals surface area contributed by atoms with Crippen molar-refractivity contribution in [2.45, 2.75) is 19.3 Å². The lowest BCUT2D eigenvalue weighted by Crippen LogP contribution is -2.30. The number of nitrogens with two attached hydrogens (primary N) is 1. The van der Waals surface area contributed by atoms with E-state index in [0.29, 0.717) is 15.6 Å². The minimum absolute atomic E-state index is 0.269. The molecule has 3 N–H and O–H groups in total. The van der Waals surface area contributed by atoms with Crippen molar-refractivity contribution in [1.82, 2.24) is 0 Å². The molecule has 0 bridgehead atoms. The van der Waals surface area contributed by atoms with Gasteiger partial charge in [-0.25, -0.2) is 0 Å². The van der Waals surface area contributed by atoms with E-state index in [1.807, 2.05) is 12.1 Å². The molecule has 26 heavy (non-hydrogen) atoms. The fourth-order valence-corrected chi connectivity index (χ4v) is 3.91. The molecule has 3 rings (SSSR count). The van der Waals surface area contributed by atoms with Crippen LogP contribution in [0, 0.1) is 0 Å². The van der Waals surface area contributed by atoms with Crippen LogP contribution < -0.4 is 16.0 Å². The Morgan fingerprint density at radius 3 is 2.58 bits per heavy atom. The van der Waals surface area contributed by atoms with Crippen LogP contribution in [0.2, 0.25) is 4.34 Å². The molecule has 2 amide bonds. The van der Waals surface area contributed by atoms with E-state index in [2.05, 4.69) is 10.2 Å². The molecule has 1 aromatic carbocycles. The Kier molecular flexibility index (Phi) is 5.96. The number of hydrogen-bond donors (Lipinski definition) is 2. The largest absolute Gasteiger partial charge is 0.370 e. The van der Waals surface area contributed by atoms with Gasteiger partial charge in [0.2, 0.25) is 11.8 Å². The predicted molar refractivity (Wildman–Crippen MR) is 108 cm³/mol. The van der Waals surface area contributed by atoms with E-state index in [1.54, 1.807) is 24.3 Å². The van der Waals surface area contributed by atoms with Crippen LogP contribution >= 0.6 is 22.9 Å². The zero-order chi connectivity index (χ0) is 18.5. The third-order valence-electron chi connectivity index (χ3n) is 4.23. The van der Waals surface area contributed by atoms with Crippen LogP contribution in [0.3, 0.4) is 0 Å². The van der Waals surface area contributed by atoms with Gasteiger partial charge in [-0.05, 0) is 55.7 Å². The number of carbonyl (C=O) groups is 2. The van der Waals surface area contributed by atoms with Gasteiger partial charge in [-0.15, -0.1) is 11.3 Å². The highest BCUT2D eigenvalue weighted by Crippen LogP contribution is 2.30. The highest BCUT2D eigenvalue weighted by Gasteiger charge is 2.17. The number of hydrogen-bond acceptors (Lipinski definition) is 4. The molecule has 0 unspecified atom stereocenters. The minimum Gasteiger partial charge on any atom is -0.370 e. The third kappa shape index (κ3) is 4.65. The number of nitrogens with one attached hydrogen (secondary N) is 1. The van der Waals surface area contributed by atoms with Gasteiger partial charge < -0.3 is 16.0 Å². The molecule has 0 spiro atoms. The molecule has 1 aliphatic heterocycles. The van der Waals surface area contributed by atoms with Crippen molar-refractivity contribution in [2.75, 3.05) is 23.3 Å². The number of primary amides is 1. The SMILES string of the molecule is NC(=O)c1ccc(N2CCCCC2)c(NC(=O)/C=C/c2ccc(Cl)s2)c1. The van der Waals surface area contributed by atoms with Crippen molar-refractivity contribution in [3.8, 4) is 0 Å². The molecule has 0 atom stereocenters. The molecule has 136 valence electrons. The molecule has 1 aromatic heterocycles. The maximum absolute atomic E-state index is 12.3. The number of benzene rings is 1. The lowest BCUT2D eigenvalue weighted by atomic mass is 10.1. The first-order chi connectivity index (χ1) is 12.5. The van der Waals surface area contributed by atoms with Gasteiger partial charge in [-0.1, -0.05) is 11.6 Å². The number of amides is 2. The second-order valence-corrected chi connectivity index (χ2v) is 7.86. The summed E-state index contributed by atoms with van der Waals surface area (Å²) < 4.78 is 0.673. The van der Waals surface area contributed by atoms with E-state index in [9.17, 15) is 9.59 Å². The van der Waals surface area contributed by atoms with Crippen molar-refractivity contribution in [3.63, 3.8) is 0 Å². The molecular formula is C19H20ClN3O2S. The zero-order valence-corrected chi connectivity index (χ0v) is 15.8. The lowest BCUT2D eigenvalue weighted by Gasteiger charge is -2.30. The van der Waals surface area contributed by atoms with Gasteiger partial charge in [0.25, 0.3) is 0 Å². The van der Waals surface area contributed by atoms with E-state index >= 15 is 0 Å². The van der Waals surface area contributed by atoms with Crippen molar-refractivity contribution in [2.24, 2.45) is 5.73 Å². The summed E-state index contributed by atoms with van der Waals surface area (Å²) in [6.45, 7) is 1.87. The van der Waals surface area contributed by atoms with Crippen molar-refractivity contribution in [1.29, 1.82) is 0 Å². The molecule has 0 radical (unpaired) electrons. The summed E-state index contributed by atoms with van der Waals surface area (Å²) in [6, 6.07) is 8.83. The summed E-state index contributed by atoms with van der Waals surface area (Å²) in [5.74, 6) is -0.788. The first kappa shape index (κ1) is 18.5. The van der Waals surface area contributed by atoms with Crippen molar-refractivity contribution >= 4 is 52.2 Å². The fraction of sp³-hybridized carbons (Fsp3) is 0.263. The maximum atomic E-state index is 12.3. The van der Waals surface area contributed by atoms with Crippen LogP contribution in [0.1, 0.15) is 34.5 Å². The molecule has 0 aliphatic carbocycles. The van der Waals surface area contributed by atoms with Crippen LogP contribution in [0.5, 0.6) is 0 Å². The Labute approximate surface area is 161 Å². The smallest absolute Gasteiger partial charge is 0.248 e. The van der Waals surface area contributed by atoms with E-state index < -0.39 is 5.91 Å². The fourth-order valence-electron chi connectivity index (χ4n) is 2.95.